The van der Waals surface area contributed by atoms with Crippen molar-refractivity contribution in [3.63, 3.8) is 0 Å². The van der Waals surface area contributed by atoms with Gasteiger partial charge in [-0.3, -0.25) is 0 Å². The average Bonchev–Trinajstić information content (AvgIpc) is 2.15. The van der Waals surface area contributed by atoms with Gasteiger partial charge in [0.05, 0.1) is 24.6 Å². The Balaban J connectivity index is 3.57. The molecule has 0 fully saturated rings. The maximum atomic E-state index is 11.4. The molecule has 0 saturated heterocycles. The highest BCUT2D eigenvalue weighted by atomic mass is 32.2. The van der Waals surface area contributed by atoms with Crippen LogP contribution in [0.15, 0.2) is 0 Å². The van der Waals surface area contributed by atoms with Crippen molar-refractivity contribution in [2.75, 3.05) is 32.0 Å². The second-order valence-electron chi connectivity index (χ2n) is 4.19. The van der Waals surface area contributed by atoms with E-state index in [1.165, 1.54) is 0 Å². The number of aliphatic hydroxyl groups is 1. The van der Waals surface area contributed by atoms with Crippen molar-refractivity contribution in [3.05, 3.63) is 0 Å². The molecule has 0 aliphatic heterocycles. The Morgan fingerprint density at radius 3 is 2.41 bits per heavy atom. The van der Waals surface area contributed by atoms with Crippen LogP contribution in [0.3, 0.4) is 0 Å². The van der Waals surface area contributed by atoms with E-state index in [4.69, 9.17) is 9.84 Å². The van der Waals surface area contributed by atoms with Crippen molar-refractivity contribution >= 4 is 10.0 Å². The van der Waals surface area contributed by atoms with E-state index in [9.17, 15) is 8.42 Å². The molecule has 0 aromatic carbocycles. The van der Waals surface area contributed by atoms with Crippen molar-refractivity contribution in [1.29, 1.82) is 0 Å². The molecule has 0 heterocycles. The van der Waals surface area contributed by atoms with Crippen LogP contribution in [0.2, 0.25) is 0 Å². The van der Waals surface area contributed by atoms with Crippen LogP contribution in [0.5, 0.6) is 0 Å². The van der Waals surface area contributed by atoms with Crippen LogP contribution < -0.4 is 10.0 Å². The molecule has 0 radical (unpaired) electrons. The predicted molar refractivity (Wildman–Crippen MR) is 67.4 cm³/mol. The molecule has 0 amide bonds. The minimum Gasteiger partial charge on any atom is -0.392 e. The van der Waals surface area contributed by atoms with Crippen molar-refractivity contribution in [3.8, 4) is 0 Å². The van der Waals surface area contributed by atoms with Gasteiger partial charge in [0.25, 0.3) is 0 Å². The number of aliphatic hydroxyl groups excluding tert-OH is 1. The SMILES string of the molecule is CC(O)CNCCNS(=O)(=O)CCOC(C)C. The molecule has 1 atom stereocenters. The molecule has 6 nitrogen and oxygen atoms in total. The highest BCUT2D eigenvalue weighted by molar-refractivity contribution is 7.89. The number of nitrogens with one attached hydrogen (secondary N) is 2. The van der Waals surface area contributed by atoms with Gasteiger partial charge in [0.1, 0.15) is 0 Å². The van der Waals surface area contributed by atoms with Gasteiger partial charge in [-0.05, 0) is 20.8 Å². The Morgan fingerprint density at radius 2 is 1.88 bits per heavy atom. The first-order chi connectivity index (χ1) is 7.83. The zero-order chi connectivity index (χ0) is 13.3. The smallest absolute Gasteiger partial charge is 0.213 e. The largest absolute Gasteiger partial charge is 0.392 e. The van der Waals surface area contributed by atoms with Gasteiger partial charge in [0.2, 0.25) is 10.0 Å². The quantitative estimate of drug-likeness (QED) is 0.456. The second kappa shape index (κ2) is 8.82. The molecule has 104 valence electrons. The Bertz CT molecular complexity index is 278. The van der Waals surface area contributed by atoms with E-state index in [1.54, 1.807) is 6.92 Å². The van der Waals surface area contributed by atoms with E-state index in [1.807, 2.05) is 13.8 Å². The molecule has 0 aromatic heterocycles. The molecule has 7 heteroatoms. The molecule has 0 aliphatic rings. The lowest BCUT2D eigenvalue weighted by molar-refractivity contribution is 0.0911. The normalized spacial score (nSPS) is 14.2. The number of hydrogen-bond acceptors (Lipinski definition) is 5. The van der Waals surface area contributed by atoms with Crippen LogP contribution in [-0.2, 0) is 14.8 Å². The predicted octanol–water partition coefficient (Wildman–Crippen LogP) is -0.699. The fourth-order valence-corrected chi connectivity index (χ4v) is 1.94. The summed E-state index contributed by atoms with van der Waals surface area (Å²) in [5.74, 6) is -0.0262. The number of ether oxygens (including phenoxy) is 1. The number of rotatable bonds is 10. The van der Waals surface area contributed by atoms with Crippen molar-refractivity contribution < 1.29 is 18.3 Å². The molecule has 0 saturated carbocycles. The molecule has 3 N–H and O–H groups in total. The van der Waals surface area contributed by atoms with Crippen molar-refractivity contribution in [2.24, 2.45) is 0 Å². The fourth-order valence-electron chi connectivity index (χ4n) is 1.07. The van der Waals surface area contributed by atoms with Crippen LogP contribution in [-0.4, -0.2) is 57.7 Å². The Kier molecular flexibility index (Phi) is 8.71. The fraction of sp³-hybridized carbons (Fsp3) is 1.00. The van der Waals surface area contributed by atoms with Gasteiger partial charge < -0.3 is 15.2 Å². The highest BCUT2D eigenvalue weighted by Gasteiger charge is 2.09. The Morgan fingerprint density at radius 1 is 1.24 bits per heavy atom. The first kappa shape index (κ1) is 16.8. The van der Waals surface area contributed by atoms with Crippen molar-refractivity contribution in [2.45, 2.75) is 33.0 Å². The minimum atomic E-state index is -3.26. The first-order valence-corrected chi connectivity index (χ1v) is 7.46. The molecule has 0 aromatic rings. The Labute approximate surface area is 104 Å². The van der Waals surface area contributed by atoms with E-state index in [2.05, 4.69) is 10.0 Å². The minimum absolute atomic E-state index is 0.0262. The summed E-state index contributed by atoms with van der Waals surface area (Å²) in [5, 5.41) is 11.9. The molecule has 1 unspecified atom stereocenters. The third-order valence-electron chi connectivity index (χ3n) is 1.87. The van der Waals surface area contributed by atoms with E-state index >= 15 is 0 Å². The molecule has 0 spiro atoms. The zero-order valence-electron chi connectivity index (χ0n) is 10.8. The van der Waals surface area contributed by atoms with Gasteiger partial charge in [-0.2, -0.15) is 0 Å². The molecular formula is C10H24N2O4S. The van der Waals surface area contributed by atoms with Gasteiger partial charge in [-0.15, -0.1) is 0 Å². The van der Waals surface area contributed by atoms with E-state index in [-0.39, 0.29) is 18.5 Å². The summed E-state index contributed by atoms with van der Waals surface area (Å²) in [6, 6.07) is 0. The van der Waals surface area contributed by atoms with Gasteiger partial charge >= 0.3 is 0 Å². The molecule has 0 rings (SSSR count). The van der Waals surface area contributed by atoms with Gasteiger partial charge in [0.15, 0.2) is 0 Å². The lowest BCUT2D eigenvalue weighted by Crippen LogP contribution is -2.36. The summed E-state index contributed by atoms with van der Waals surface area (Å²) >= 11 is 0. The maximum Gasteiger partial charge on any atom is 0.213 e. The topological polar surface area (TPSA) is 87.7 Å². The molecule has 0 aliphatic carbocycles. The third-order valence-corrected chi connectivity index (χ3v) is 3.21. The lowest BCUT2D eigenvalue weighted by Gasteiger charge is -2.10. The summed E-state index contributed by atoms with van der Waals surface area (Å²) in [5.41, 5.74) is 0. The lowest BCUT2D eigenvalue weighted by atomic mass is 10.4. The first-order valence-electron chi connectivity index (χ1n) is 5.81. The van der Waals surface area contributed by atoms with E-state index in [0.717, 1.165) is 0 Å². The summed E-state index contributed by atoms with van der Waals surface area (Å²) in [4.78, 5) is 0. The summed E-state index contributed by atoms with van der Waals surface area (Å²) in [6.45, 7) is 6.86. The summed E-state index contributed by atoms with van der Waals surface area (Å²) in [7, 11) is -3.26. The van der Waals surface area contributed by atoms with Crippen molar-refractivity contribution in [1.82, 2.24) is 10.0 Å². The van der Waals surface area contributed by atoms with E-state index < -0.39 is 16.1 Å². The van der Waals surface area contributed by atoms with Crippen LogP contribution >= 0.6 is 0 Å². The Hall–Kier alpha value is -0.210. The van der Waals surface area contributed by atoms with Crippen LogP contribution in [0.25, 0.3) is 0 Å². The van der Waals surface area contributed by atoms with Crippen LogP contribution in [0.1, 0.15) is 20.8 Å². The monoisotopic (exact) mass is 268 g/mol. The average molecular weight is 268 g/mol. The maximum absolute atomic E-state index is 11.4. The standard InChI is InChI=1S/C10H24N2O4S/c1-9(2)16-6-7-17(14,15)12-5-4-11-8-10(3)13/h9-13H,4-8H2,1-3H3. The van der Waals surface area contributed by atoms with Gasteiger partial charge in [-0.1, -0.05) is 0 Å². The van der Waals surface area contributed by atoms with Crippen LogP contribution in [0.4, 0.5) is 0 Å². The molecule has 17 heavy (non-hydrogen) atoms. The molecule has 0 bridgehead atoms. The zero-order valence-corrected chi connectivity index (χ0v) is 11.6. The van der Waals surface area contributed by atoms with Crippen LogP contribution in [0, 0.1) is 0 Å². The number of sulfonamides is 1. The van der Waals surface area contributed by atoms with Gasteiger partial charge in [-0.25, -0.2) is 13.1 Å². The molecular weight excluding hydrogens is 244 g/mol. The number of hydrogen-bond donors (Lipinski definition) is 3. The van der Waals surface area contributed by atoms with E-state index in [0.29, 0.717) is 19.6 Å². The second-order valence-corrected chi connectivity index (χ2v) is 6.11. The highest BCUT2D eigenvalue weighted by Crippen LogP contribution is 1.90. The summed E-state index contributed by atoms with van der Waals surface area (Å²) in [6.07, 6.45) is -0.385. The third kappa shape index (κ3) is 12.0. The van der Waals surface area contributed by atoms with Gasteiger partial charge in [0, 0.05) is 19.6 Å². The summed E-state index contributed by atoms with van der Waals surface area (Å²) < 4.78 is 30.5.